The molecule has 114 valence electrons. The van der Waals surface area contributed by atoms with Crippen molar-refractivity contribution in [3.8, 4) is 11.3 Å². The van der Waals surface area contributed by atoms with Gasteiger partial charge in [-0.05, 0) is 37.5 Å². The molecule has 0 N–H and O–H groups in total. The van der Waals surface area contributed by atoms with Crippen molar-refractivity contribution in [1.82, 2.24) is 15.1 Å². The molecule has 1 saturated heterocycles. The maximum Gasteiger partial charge on any atom is 0.232 e. The van der Waals surface area contributed by atoms with Crippen LogP contribution in [0.5, 0.6) is 0 Å². The number of amides is 1. The lowest BCUT2D eigenvalue weighted by molar-refractivity contribution is -0.127. The van der Waals surface area contributed by atoms with Crippen molar-refractivity contribution in [2.45, 2.75) is 24.8 Å². The van der Waals surface area contributed by atoms with E-state index in [0.717, 1.165) is 42.2 Å². The van der Waals surface area contributed by atoms with Crippen molar-refractivity contribution in [2.75, 3.05) is 18.8 Å². The second-order valence-corrected chi connectivity index (χ2v) is 6.44. The molecule has 0 bridgehead atoms. The Morgan fingerprint density at radius 2 is 1.91 bits per heavy atom. The molecule has 1 aliphatic rings. The van der Waals surface area contributed by atoms with E-state index >= 15 is 0 Å². The van der Waals surface area contributed by atoms with Gasteiger partial charge in [-0.15, -0.1) is 10.2 Å². The molecule has 0 spiro atoms. The molecule has 3 rings (SSSR count). The van der Waals surface area contributed by atoms with Crippen molar-refractivity contribution >= 4 is 17.7 Å². The van der Waals surface area contributed by atoms with Crippen LogP contribution in [0.25, 0.3) is 11.3 Å². The monoisotopic (exact) mass is 313 g/mol. The first-order valence-electron chi connectivity index (χ1n) is 7.54. The number of carbonyl (C=O) groups excluding carboxylic acids is 1. The molecule has 1 aromatic heterocycles. The number of likely N-dealkylation sites (tertiary alicyclic amines) is 1. The molecule has 2 heterocycles. The average Bonchev–Trinajstić information content (AvgIpc) is 3.08. The third kappa shape index (κ3) is 3.47. The number of thioether (sulfide) groups is 1. The van der Waals surface area contributed by atoms with Crippen molar-refractivity contribution in [1.29, 1.82) is 0 Å². The fourth-order valence-corrected chi connectivity index (χ4v) is 3.31. The number of benzene rings is 1. The van der Waals surface area contributed by atoms with E-state index in [4.69, 9.17) is 0 Å². The lowest BCUT2D eigenvalue weighted by atomic mass is 10.1. The second kappa shape index (κ2) is 6.92. The molecule has 0 unspecified atom stereocenters. The summed E-state index contributed by atoms with van der Waals surface area (Å²) < 4.78 is 0. The Hall–Kier alpha value is -1.88. The van der Waals surface area contributed by atoms with Crippen LogP contribution in [0.15, 0.2) is 41.4 Å². The highest BCUT2D eigenvalue weighted by atomic mass is 32.2. The normalized spacial score (nSPS) is 14.3. The van der Waals surface area contributed by atoms with Gasteiger partial charge in [0.2, 0.25) is 5.91 Å². The van der Waals surface area contributed by atoms with Gasteiger partial charge in [0.25, 0.3) is 0 Å². The first-order valence-corrected chi connectivity index (χ1v) is 8.53. The third-order valence-corrected chi connectivity index (χ3v) is 4.77. The van der Waals surface area contributed by atoms with Gasteiger partial charge in [0.1, 0.15) is 5.03 Å². The van der Waals surface area contributed by atoms with E-state index in [-0.39, 0.29) is 5.91 Å². The quantitative estimate of drug-likeness (QED) is 0.813. The van der Waals surface area contributed by atoms with Crippen molar-refractivity contribution < 1.29 is 4.79 Å². The minimum absolute atomic E-state index is 0.201. The fourth-order valence-electron chi connectivity index (χ4n) is 2.59. The van der Waals surface area contributed by atoms with Crippen LogP contribution >= 0.6 is 11.8 Å². The molecule has 1 aromatic carbocycles. The zero-order chi connectivity index (χ0) is 15.4. The van der Waals surface area contributed by atoms with Crippen molar-refractivity contribution in [3.63, 3.8) is 0 Å². The summed E-state index contributed by atoms with van der Waals surface area (Å²) in [5, 5.41) is 9.32. The summed E-state index contributed by atoms with van der Waals surface area (Å²) >= 11 is 1.46. The summed E-state index contributed by atoms with van der Waals surface area (Å²) in [7, 11) is 0. The summed E-state index contributed by atoms with van der Waals surface area (Å²) in [5.74, 6) is 0.644. The summed E-state index contributed by atoms with van der Waals surface area (Å²) in [6.45, 7) is 3.86. The molecule has 0 atom stereocenters. The number of hydrogen-bond acceptors (Lipinski definition) is 4. The first kappa shape index (κ1) is 15.0. The second-order valence-electron chi connectivity index (χ2n) is 5.45. The largest absolute Gasteiger partial charge is 0.342 e. The van der Waals surface area contributed by atoms with E-state index in [9.17, 15) is 4.79 Å². The molecule has 22 heavy (non-hydrogen) atoms. The van der Waals surface area contributed by atoms with Gasteiger partial charge in [-0.25, -0.2) is 0 Å². The summed E-state index contributed by atoms with van der Waals surface area (Å²) in [6, 6.07) is 12.0. The van der Waals surface area contributed by atoms with Crippen LogP contribution in [-0.4, -0.2) is 39.8 Å². The summed E-state index contributed by atoms with van der Waals surface area (Å²) in [6.07, 6.45) is 2.25. The molecule has 2 aromatic rings. The molecular weight excluding hydrogens is 294 g/mol. The van der Waals surface area contributed by atoms with Gasteiger partial charge in [-0.2, -0.15) is 0 Å². The van der Waals surface area contributed by atoms with Gasteiger partial charge in [0.05, 0.1) is 11.4 Å². The summed E-state index contributed by atoms with van der Waals surface area (Å²) in [4.78, 5) is 13.9. The van der Waals surface area contributed by atoms with Crippen LogP contribution in [0.4, 0.5) is 0 Å². The van der Waals surface area contributed by atoms with E-state index in [2.05, 4.69) is 23.2 Å². The molecular formula is C17H19N3OS. The minimum Gasteiger partial charge on any atom is -0.342 e. The molecule has 1 fully saturated rings. The van der Waals surface area contributed by atoms with Crippen LogP contribution in [0.2, 0.25) is 0 Å². The Kier molecular flexibility index (Phi) is 4.73. The Labute approximate surface area is 134 Å². The standard InChI is InChI=1S/C17H19N3OS/c1-13-6-2-3-7-14(13)15-8-9-16(19-18-15)22-12-17(21)20-10-4-5-11-20/h2-3,6-9H,4-5,10-12H2,1H3. The molecule has 0 aliphatic carbocycles. The van der Waals surface area contributed by atoms with Crippen molar-refractivity contribution in [3.05, 3.63) is 42.0 Å². The van der Waals surface area contributed by atoms with E-state index in [1.807, 2.05) is 35.2 Å². The number of aromatic nitrogens is 2. The topological polar surface area (TPSA) is 46.1 Å². The van der Waals surface area contributed by atoms with E-state index in [1.165, 1.54) is 17.3 Å². The number of rotatable bonds is 4. The van der Waals surface area contributed by atoms with Crippen LogP contribution in [0.3, 0.4) is 0 Å². The number of hydrogen-bond donors (Lipinski definition) is 0. The van der Waals surface area contributed by atoms with Gasteiger partial charge >= 0.3 is 0 Å². The molecule has 4 nitrogen and oxygen atoms in total. The van der Waals surface area contributed by atoms with E-state index in [1.54, 1.807) is 0 Å². The Bertz CT molecular complexity index is 651. The molecule has 1 aliphatic heterocycles. The molecule has 0 radical (unpaired) electrons. The predicted molar refractivity (Wildman–Crippen MR) is 88.7 cm³/mol. The summed E-state index contributed by atoms with van der Waals surface area (Å²) in [5.41, 5.74) is 3.15. The van der Waals surface area contributed by atoms with Crippen LogP contribution in [0, 0.1) is 6.92 Å². The highest BCUT2D eigenvalue weighted by Gasteiger charge is 2.18. The maximum atomic E-state index is 12.0. The zero-order valence-electron chi connectivity index (χ0n) is 12.7. The van der Waals surface area contributed by atoms with Gasteiger partial charge < -0.3 is 4.90 Å². The fraction of sp³-hybridized carbons (Fsp3) is 0.353. The van der Waals surface area contributed by atoms with Crippen molar-refractivity contribution in [2.24, 2.45) is 0 Å². The van der Waals surface area contributed by atoms with Gasteiger partial charge in [-0.3, -0.25) is 4.79 Å². The zero-order valence-corrected chi connectivity index (χ0v) is 13.5. The van der Waals surface area contributed by atoms with E-state index in [0.29, 0.717) is 5.75 Å². The van der Waals surface area contributed by atoms with Gasteiger partial charge in [-0.1, -0.05) is 36.0 Å². The van der Waals surface area contributed by atoms with Crippen LogP contribution in [0.1, 0.15) is 18.4 Å². The molecule has 5 heteroatoms. The number of nitrogens with zero attached hydrogens (tertiary/aromatic N) is 3. The van der Waals surface area contributed by atoms with Gasteiger partial charge in [0, 0.05) is 18.7 Å². The average molecular weight is 313 g/mol. The lowest BCUT2D eigenvalue weighted by Crippen LogP contribution is -2.29. The van der Waals surface area contributed by atoms with Crippen LogP contribution < -0.4 is 0 Å². The SMILES string of the molecule is Cc1ccccc1-c1ccc(SCC(=O)N2CCCC2)nn1. The lowest BCUT2D eigenvalue weighted by Gasteiger charge is -2.14. The first-order chi connectivity index (χ1) is 10.7. The number of aryl methyl sites for hydroxylation is 1. The molecule has 1 amide bonds. The highest BCUT2D eigenvalue weighted by molar-refractivity contribution is 7.99. The Morgan fingerprint density at radius 3 is 2.59 bits per heavy atom. The number of carbonyl (C=O) groups is 1. The Balaban J connectivity index is 1.62. The smallest absolute Gasteiger partial charge is 0.232 e. The van der Waals surface area contributed by atoms with Gasteiger partial charge in [0.15, 0.2) is 0 Å². The minimum atomic E-state index is 0.201. The molecule has 0 saturated carbocycles. The van der Waals surface area contributed by atoms with Crippen LogP contribution in [-0.2, 0) is 4.79 Å². The predicted octanol–water partition coefficient (Wildman–Crippen LogP) is 3.17. The third-order valence-electron chi connectivity index (χ3n) is 3.86. The highest BCUT2D eigenvalue weighted by Crippen LogP contribution is 2.23. The maximum absolute atomic E-state index is 12.0. The Morgan fingerprint density at radius 1 is 1.14 bits per heavy atom. The van der Waals surface area contributed by atoms with E-state index < -0.39 is 0 Å².